The van der Waals surface area contributed by atoms with Crippen molar-refractivity contribution in [1.82, 2.24) is 0 Å². The van der Waals surface area contributed by atoms with E-state index in [2.05, 4.69) is 25.2 Å². The van der Waals surface area contributed by atoms with E-state index in [0.29, 0.717) is 0 Å². The van der Waals surface area contributed by atoms with Gasteiger partial charge in [0.05, 0.1) is 6.17 Å². The average Bonchev–Trinajstić information content (AvgIpc) is 1.73. The predicted molar refractivity (Wildman–Crippen MR) is 28.3 cm³/mol. The summed E-state index contributed by atoms with van der Waals surface area (Å²) in [5, 5.41) is 0. The summed E-state index contributed by atoms with van der Waals surface area (Å²) in [7, 11) is 4.20. The first-order valence-electron chi connectivity index (χ1n) is 1.90. The molecule has 4 N–H and O–H groups in total. The predicted octanol–water partition coefficient (Wildman–Crippen LogP) is 0.327. The van der Waals surface area contributed by atoms with Gasteiger partial charge in [0, 0.05) is 0 Å². The van der Waals surface area contributed by atoms with Crippen LogP contribution in [0.15, 0.2) is 0 Å². The Morgan fingerprint density at radius 1 is 1.57 bits per heavy atom. The molecule has 0 unspecified atom stereocenters. The molecule has 0 aromatic rings. The fourth-order valence-corrected chi connectivity index (χ4v) is 0. The topological polar surface area (TPSA) is 52.0 Å². The third-order valence-corrected chi connectivity index (χ3v) is 0.471. The molecular formula is C3H10ClCuN2. The molecule has 0 aromatic carbocycles. The van der Waals surface area contributed by atoms with E-state index in [1.54, 1.807) is 0 Å². The first-order valence-corrected chi connectivity index (χ1v) is 3.19. The van der Waals surface area contributed by atoms with E-state index in [9.17, 15) is 0 Å². The molecule has 0 aliphatic heterocycles. The van der Waals surface area contributed by atoms with Crippen molar-refractivity contribution in [3.63, 3.8) is 0 Å². The minimum absolute atomic E-state index is 0.116. The van der Waals surface area contributed by atoms with E-state index >= 15 is 0 Å². The molecule has 0 saturated carbocycles. The number of halogens is 1. The van der Waals surface area contributed by atoms with E-state index in [1.807, 2.05) is 6.92 Å². The molecule has 50 valence electrons. The van der Waals surface area contributed by atoms with Gasteiger partial charge < -0.3 is 11.5 Å². The molecule has 0 bridgehead atoms. The van der Waals surface area contributed by atoms with Crippen LogP contribution in [0.25, 0.3) is 0 Å². The van der Waals surface area contributed by atoms with Gasteiger partial charge in [0.2, 0.25) is 0 Å². The van der Waals surface area contributed by atoms with E-state index in [-0.39, 0.29) is 6.17 Å². The quantitative estimate of drug-likeness (QED) is 0.443. The van der Waals surface area contributed by atoms with Gasteiger partial charge in [-0.25, -0.2) is 0 Å². The number of nitrogens with two attached hydrogens (primary N) is 2. The molecule has 4 heteroatoms. The van der Waals surface area contributed by atoms with Crippen LogP contribution in [0.3, 0.4) is 0 Å². The summed E-state index contributed by atoms with van der Waals surface area (Å²) in [4.78, 5) is 0. The van der Waals surface area contributed by atoms with Crippen LogP contribution in [0.5, 0.6) is 0 Å². The van der Waals surface area contributed by atoms with Crippen LogP contribution in [-0.2, 0) is 15.1 Å². The minimum atomic E-state index is -0.116. The molecule has 0 spiro atoms. The average molecular weight is 173 g/mol. The van der Waals surface area contributed by atoms with Gasteiger partial charge in [-0.05, 0) is 6.42 Å². The molecule has 7 heavy (non-hydrogen) atoms. The number of hydrogen-bond donors (Lipinski definition) is 2. The summed E-state index contributed by atoms with van der Waals surface area (Å²) in [5.74, 6) is 0. The second-order valence-electron chi connectivity index (χ2n) is 1.07. The van der Waals surface area contributed by atoms with Gasteiger partial charge in [-0.1, -0.05) is 6.92 Å². The Bertz CT molecular complexity index is 26.9. The van der Waals surface area contributed by atoms with Crippen molar-refractivity contribution in [2.75, 3.05) is 0 Å². The molecule has 0 atom stereocenters. The van der Waals surface area contributed by atoms with Gasteiger partial charge in [-0.2, -0.15) is 0 Å². The monoisotopic (exact) mass is 172 g/mol. The van der Waals surface area contributed by atoms with E-state index in [4.69, 9.17) is 11.5 Å². The van der Waals surface area contributed by atoms with Gasteiger partial charge in [-0.15, -0.1) is 0 Å². The van der Waals surface area contributed by atoms with E-state index < -0.39 is 0 Å². The van der Waals surface area contributed by atoms with Crippen LogP contribution < -0.4 is 11.5 Å². The van der Waals surface area contributed by atoms with Crippen molar-refractivity contribution in [3.8, 4) is 0 Å². The van der Waals surface area contributed by atoms with Crippen LogP contribution in [0, 0.1) is 0 Å². The molecule has 0 rings (SSSR count). The van der Waals surface area contributed by atoms with Gasteiger partial charge in [0.15, 0.2) is 0 Å². The van der Waals surface area contributed by atoms with Crippen molar-refractivity contribution in [2.45, 2.75) is 19.5 Å². The first kappa shape index (κ1) is 10.7. The standard InChI is InChI=1S/C3H10N2.ClH.Cu/c1-2-3(4)5;;/h3H,2,4-5H2,1H3;1H;/q;;+1/p-1. The number of rotatable bonds is 1. The summed E-state index contributed by atoms with van der Waals surface area (Å²) >= 11 is 3.66. The van der Waals surface area contributed by atoms with Crippen molar-refractivity contribution in [1.29, 1.82) is 0 Å². The van der Waals surface area contributed by atoms with Crippen LogP contribution in [0.1, 0.15) is 13.3 Å². The number of hydrogen-bond acceptors (Lipinski definition) is 2. The summed E-state index contributed by atoms with van der Waals surface area (Å²) < 4.78 is 0. The second-order valence-corrected chi connectivity index (χ2v) is 1.07. The maximum absolute atomic E-state index is 5.07. The molecule has 0 aliphatic rings. The van der Waals surface area contributed by atoms with Gasteiger partial charge >= 0.3 is 25.2 Å². The summed E-state index contributed by atoms with van der Waals surface area (Å²) in [6.45, 7) is 1.95. The van der Waals surface area contributed by atoms with Crippen molar-refractivity contribution >= 4 is 10.1 Å². The van der Waals surface area contributed by atoms with Crippen molar-refractivity contribution in [3.05, 3.63) is 0 Å². The molecule has 0 amide bonds. The van der Waals surface area contributed by atoms with Crippen LogP contribution in [0.2, 0.25) is 0 Å². The normalized spacial score (nSPS) is 7.86. The van der Waals surface area contributed by atoms with Gasteiger partial charge in [0.1, 0.15) is 0 Å². The molecular weight excluding hydrogens is 163 g/mol. The zero-order chi connectivity index (χ0) is 6.28. The fourth-order valence-electron chi connectivity index (χ4n) is 0. The zero-order valence-corrected chi connectivity index (χ0v) is 5.82. The molecule has 0 fully saturated rings. The summed E-state index contributed by atoms with van der Waals surface area (Å²) in [6.07, 6.45) is 0.745. The zero-order valence-electron chi connectivity index (χ0n) is 4.12. The third-order valence-electron chi connectivity index (χ3n) is 0.471. The molecule has 0 saturated heterocycles. The molecule has 0 aromatic heterocycles. The van der Waals surface area contributed by atoms with Crippen LogP contribution in [0.4, 0.5) is 0 Å². The Labute approximate surface area is 56.6 Å². The Morgan fingerprint density at radius 3 is 1.71 bits per heavy atom. The Kier molecular flexibility index (Phi) is 15.0. The second kappa shape index (κ2) is 9.88. The molecule has 2 nitrogen and oxygen atoms in total. The summed E-state index contributed by atoms with van der Waals surface area (Å²) in [6, 6.07) is 0. The van der Waals surface area contributed by atoms with Crippen molar-refractivity contribution < 1.29 is 15.1 Å². The molecule has 0 heterocycles. The van der Waals surface area contributed by atoms with Gasteiger partial charge in [-0.3, -0.25) is 0 Å². The molecule has 0 aliphatic carbocycles. The maximum atomic E-state index is 5.07. The Hall–Kier alpha value is 0.729. The SMILES string of the molecule is CCC(N)N.[Cl][Cu]. The van der Waals surface area contributed by atoms with Gasteiger partial charge in [0.25, 0.3) is 0 Å². The van der Waals surface area contributed by atoms with E-state index in [1.165, 1.54) is 0 Å². The van der Waals surface area contributed by atoms with Crippen LogP contribution >= 0.6 is 10.1 Å². The fraction of sp³-hybridized carbons (Fsp3) is 1.00. The van der Waals surface area contributed by atoms with Crippen molar-refractivity contribution in [2.24, 2.45) is 11.5 Å². The summed E-state index contributed by atoms with van der Waals surface area (Å²) in [5.41, 5.74) is 10.1. The first-order chi connectivity index (χ1) is 3.27. The Balaban J connectivity index is 0. The Morgan fingerprint density at radius 2 is 1.71 bits per heavy atom. The van der Waals surface area contributed by atoms with E-state index in [0.717, 1.165) is 6.42 Å². The van der Waals surface area contributed by atoms with Crippen LogP contribution in [-0.4, -0.2) is 6.17 Å². The third kappa shape index (κ3) is 20.2. The molecule has 0 radical (unpaired) electrons.